The standard InChI is InChI=1S/C13H21N3O2/c1-10-8-11(2)16(14-10)7-5-13(17)15-6-4-12(9-15)18-3/h8,12H,4-7,9H2,1-3H3. The fourth-order valence-corrected chi connectivity index (χ4v) is 2.41. The highest BCUT2D eigenvalue weighted by Gasteiger charge is 2.25. The van der Waals surface area contributed by atoms with E-state index in [1.54, 1.807) is 7.11 Å². The summed E-state index contributed by atoms with van der Waals surface area (Å²) in [5.41, 5.74) is 2.11. The molecular weight excluding hydrogens is 230 g/mol. The summed E-state index contributed by atoms with van der Waals surface area (Å²) in [7, 11) is 1.70. The van der Waals surface area contributed by atoms with Crippen molar-refractivity contribution in [3.8, 4) is 0 Å². The number of carbonyl (C=O) groups is 1. The van der Waals surface area contributed by atoms with E-state index in [-0.39, 0.29) is 12.0 Å². The fourth-order valence-electron chi connectivity index (χ4n) is 2.41. The minimum absolute atomic E-state index is 0.196. The second-order valence-corrected chi connectivity index (χ2v) is 4.89. The predicted molar refractivity (Wildman–Crippen MR) is 68.3 cm³/mol. The molecule has 0 N–H and O–H groups in total. The monoisotopic (exact) mass is 251 g/mol. The van der Waals surface area contributed by atoms with E-state index >= 15 is 0 Å². The molecular formula is C13H21N3O2. The van der Waals surface area contributed by atoms with Crippen LogP contribution in [0.25, 0.3) is 0 Å². The lowest BCUT2D eigenvalue weighted by Gasteiger charge is -2.16. The molecule has 1 unspecified atom stereocenters. The summed E-state index contributed by atoms with van der Waals surface area (Å²) >= 11 is 0. The molecule has 1 amide bonds. The van der Waals surface area contributed by atoms with E-state index in [1.807, 2.05) is 29.5 Å². The van der Waals surface area contributed by atoms with Gasteiger partial charge in [0.25, 0.3) is 0 Å². The van der Waals surface area contributed by atoms with Crippen LogP contribution < -0.4 is 0 Å². The zero-order valence-corrected chi connectivity index (χ0v) is 11.3. The van der Waals surface area contributed by atoms with Crippen LogP contribution in [-0.4, -0.2) is 46.9 Å². The molecule has 1 aliphatic rings. The summed E-state index contributed by atoms with van der Waals surface area (Å²) in [6.45, 7) is 6.18. The Balaban J connectivity index is 1.84. The lowest BCUT2D eigenvalue weighted by molar-refractivity contribution is -0.130. The Kier molecular flexibility index (Phi) is 4.01. The molecule has 1 aromatic rings. The van der Waals surface area contributed by atoms with Crippen molar-refractivity contribution in [3.63, 3.8) is 0 Å². The van der Waals surface area contributed by atoms with Crippen molar-refractivity contribution < 1.29 is 9.53 Å². The van der Waals surface area contributed by atoms with Crippen molar-refractivity contribution in [3.05, 3.63) is 17.5 Å². The molecule has 2 rings (SSSR count). The topological polar surface area (TPSA) is 47.4 Å². The van der Waals surface area contributed by atoms with Crippen molar-refractivity contribution in [2.24, 2.45) is 0 Å². The van der Waals surface area contributed by atoms with Crippen LogP contribution >= 0.6 is 0 Å². The Morgan fingerprint density at radius 3 is 2.89 bits per heavy atom. The summed E-state index contributed by atoms with van der Waals surface area (Å²) in [4.78, 5) is 13.9. The minimum Gasteiger partial charge on any atom is -0.380 e. The summed E-state index contributed by atoms with van der Waals surface area (Å²) in [5.74, 6) is 0.196. The second kappa shape index (κ2) is 5.52. The molecule has 18 heavy (non-hydrogen) atoms. The molecule has 0 aromatic carbocycles. The number of methoxy groups -OCH3 is 1. The molecule has 5 heteroatoms. The maximum Gasteiger partial charge on any atom is 0.224 e. The van der Waals surface area contributed by atoms with Crippen LogP contribution in [0.4, 0.5) is 0 Å². The number of aryl methyl sites for hydroxylation is 3. The van der Waals surface area contributed by atoms with E-state index in [9.17, 15) is 4.79 Å². The van der Waals surface area contributed by atoms with Crippen molar-refractivity contribution >= 4 is 5.91 Å². The Bertz CT molecular complexity index is 428. The molecule has 0 spiro atoms. The number of likely N-dealkylation sites (tertiary alicyclic amines) is 1. The number of nitrogens with zero attached hydrogens (tertiary/aromatic N) is 3. The average molecular weight is 251 g/mol. The molecule has 1 aromatic heterocycles. The largest absolute Gasteiger partial charge is 0.380 e. The summed E-state index contributed by atoms with van der Waals surface area (Å²) in [6, 6.07) is 2.03. The van der Waals surface area contributed by atoms with E-state index in [0.29, 0.717) is 13.0 Å². The highest BCUT2D eigenvalue weighted by atomic mass is 16.5. The van der Waals surface area contributed by atoms with Gasteiger partial charge in [0, 0.05) is 38.9 Å². The van der Waals surface area contributed by atoms with Crippen molar-refractivity contribution in [1.82, 2.24) is 14.7 Å². The quantitative estimate of drug-likeness (QED) is 0.806. The third-order valence-electron chi connectivity index (χ3n) is 3.47. The van der Waals surface area contributed by atoms with Crippen molar-refractivity contribution in [2.75, 3.05) is 20.2 Å². The molecule has 1 saturated heterocycles. The van der Waals surface area contributed by atoms with E-state index in [1.165, 1.54) is 0 Å². The smallest absolute Gasteiger partial charge is 0.224 e. The number of amides is 1. The maximum atomic E-state index is 12.0. The highest BCUT2D eigenvalue weighted by molar-refractivity contribution is 5.76. The van der Waals surface area contributed by atoms with E-state index < -0.39 is 0 Å². The normalized spacial score (nSPS) is 19.5. The minimum atomic E-state index is 0.196. The van der Waals surface area contributed by atoms with Gasteiger partial charge in [0.2, 0.25) is 5.91 Å². The van der Waals surface area contributed by atoms with Crippen molar-refractivity contribution in [2.45, 2.75) is 39.3 Å². The maximum absolute atomic E-state index is 12.0. The van der Waals surface area contributed by atoms with Crippen molar-refractivity contribution in [1.29, 1.82) is 0 Å². The second-order valence-electron chi connectivity index (χ2n) is 4.89. The van der Waals surface area contributed by atoms with Gasteiger partial charge in [0.05, 0.1) is 11.8 Å². The van der Waals surface area contributed by atoms with Crippen LogP contribution in [0.1, 0.15) is 24.2 Å². The first-order valence-corrected chi connectivity index (χ1v) is 6.41. The summed E-state index contributed by atoms with van der Waals surface area (Å²) in [5, 5.41) is 4.36. The van der Waals surface area contributed by atoms with Gasteiger partial charge in [0.15, 0.2) is 0 Å². The van der Waals surface area contributed by atoms with Crippen LogP contribution in [0.2, 0.25) is 0 Å². The SMILES string of the molecule is COC1CCN(C(=O)CCn2nc(C)cc2C)C1. The molecule has 1 atom stereocenters. The number of ether oxygens (including phenoxy) is 1. The van der Waals surface area contributed by atoms with Gasteiger partial charge in [0.1, 0.15) is 0 Å². The first kappa shape index (κ1) is 13.1. The highest BCUT2D eigenvalue weighted by Crippen LogP contribution is 2.13. The van der Waals surface area contributed by atoms with Crippen LogP contribution in [0.15, 0.2) is 6.07 Å². The van der Waals surface area contributed by atoms with Crippen LogP contribution in [0.3, 0.4) is 0 Å². The molecule has 0 aliphatic carbocycles. The van der Waals surface area contributed by atoms with E-state index in [2.05, 4.69) is 5.10 Å². The number of hydrogen-bond acceptors (Lipinski definition) is 3. The Hall–Kier alpha value is -1.36. The molecule has 0 saturated carbocycles. The lowest BCUT2D eigenvalue weighted by atomic mass is 10.3. The molecule has 0 bridgehead atoms. The number of rotatable bonds is 4. The van der Waals surface area contributed by atoms with Gasteiger partial charge in [-0.2, -0.15) is 5.10 Å². The number of aromatic nitrogens is 2. The molecule has 1 aliphatic heterocycles. The summed E-state index contributed by atoms with van der Waals surface area (Å²) in [6.07, 6.45) is 1.67. The van der Waals surface area contributed by atoms with Crippen LogP contribution in [-0.2, 0) is 16.1 Å². The Morgan fingerprint density at radius 2 is 2.33 bits per heavy atom. The lowest BCUT2D eigenvalue weighted by Crippen LogP contribution is -2.30. The molecule has 5 nitrogen and oxygen atoms in total. The van der Waals surface area contributed by atoms with Gasteiger partial charge in [-0.1, -0.05) is 0 Å². The number of carbonyl (C=O) groups excluding carboxylic acids is 1. The number of hydrogen-bond donors (Lipinski definition) is 0. The van der Waals surface area contributed by atoms with E-state index in [4.69, 9.17) is 4.74 Å². The molecule has 0 radical (unpaired) electrons. The summed E-state index contributed by atoms with van der Waals surface area (Å²) < 4.78 is 7.17. The molecule has 100 valence electrons. The van der Waals surface area contributed by atoms with Crippen LogP contribution in [0.5, 0.6) is 0 Å². The zero-order chi connectivity index (χ0) is 13.1. The zero-order valence-electron chi connectivity index (χ0n) is 11.3. The van der Waals surface area contributed by atoms with Gasteiger partial charge in [-0.25, -0.2) is 0 Å². The van der Waals surface area contributed by atoms with Crippen LogP contribution in [0, 0.1) is 13.8 Å². The third-order valence-corrected chi connectivity index (χ3v) is 3.47. The van der Waals surface area contributed by atoms with Gasteiger partial charge < -0.3 is 9.64 Å². The van der Waals surface area contributed by atoms with Gasteiger partial charge in [-0.05, 0) is 26.3 Å². The molecule has 2 heterocycles. The first-order chi connectivity index (χ1) is 8.60. The van der Waals surface area contributed by atoms with Gasteiger partial charge in [-0.3, -0.25) is 9.48 Å². The van der Waals surface area contributed by atoms with Gasteiger partial charge in [-0.15, -0.1) is 0 Å². The first-order valence-electron chi connectivity index (χ1n) is 6.41. The fraction of sp³-hybridized carbons (Fsp3) is 0.692. The van der Waals surface area contributed by atoms with E-state index in [0.717, 1.165) is 30.9 Å². The predicted octanol–water partition coefficient (Wildman–Crippen LogP) is 1.14. The third kappa shape index (κ3) is 2.90. The Labute approximate surface area is 108 Å². The van der Waals surface area contributed by atoms with Gasteiger partial charge >= 0.3 is 0 Å². The Morgan fingerprint density at radius 1 is 1.56 bits per heavy atom. The molecule has 1 fully saturated rings. The average Bonchev–Trinajstić information content (AvgIpc) is 2.93.